The molecule has 0 aliphatic carbocycles. The summed E-state index contributed by atoms with van der Waals surface area (Å²) in [5.41, 5.74) is 3.87. The highest BCUT2D eigenvalue weighted by Crippen LogP contribution is 2.20. The van der Waals surface area contributed by atoms with Crippen LogP contribution in [-0.2, 0) is 6.42 Å². The molecule has 0 aliphatic heterocycles. The molecule has 1 atom stereocenters. The average molecular weight is 307 g/mol. The molecule has 1 rings (SSSR count). The first-order chi connectivity index (χ1) is 7.67. The number of halogens is 2. The number of benzene rings is 1. The number of nitrogens with two attached hydrogens (primary N) is 1. The molecule has 1 aromatic rings. The van der Waals surface area contributed by atoms with Crippen LogP contribution in [0, 0.1) is 5.82 Å². The first-order valence-electron chi connectivity index (χ1n) is 5.06. The fourth-order valence-electron chi connectivity index (χ4n) is 1.46. The van der Waals surface area contributed by atoms with Gasteiger partial charge in [-0.05, 0) is 42.5 Å². The smallest absolute Gasteiger partial charge is 0.124 e. The van der Waals surface area contributed by atoms with Crippen molar-refractivity contribution in [2.45, 2.75) is 18.9 Å². The number of nitrogens with one attached hydrogen (secondary N) is 1. The molecule has 16 heavy (non-hydrogen) atoms. The van der Waals surface area contributed by atoms with Crippen molar-refractivity contribution in [2.75, 3.05) is 12.0 Å². The number of hydrazine groups is 1. The number of rotatable bonds is 6. The summed E-state index contributed by atoms with van der Waals surface area (Å²) in [7, 11) is 0. The van der Waals surface area contributed by atoms with Gasteiger partial charge in [-0.2, -0.15) is 11.8 Å². The van der Waals surface area contributed by atoms with E-state index < -0.39 is 0 Å². The molecule has 0 aromatic heterocycles. The Bertz CT molecular complexity index is 336. The molecule has 0 aliphatic rings. The molecule has 0 bridgehead atoms. The maximum Gasteiger partial charge on any atom is 0.124 e. The molecule has 1 aromatic carbocycles. The van der Waals surface area contributed by atoms with Gasteiger partial charge in [0.05, 0.1) is 0 Å². The van der Waals surface area contributed by atoms with E-state index in [1.54, 1.807) is 17.8 Å². The zero-order valence-corrected chi connectivity index (χ0v) is 11.6. The van der Waals surface area contributed by atoms with Crippen LogP contribution >= 0.6 is 27.7 Å². The third-order valence-corrected chi connectivity index (χ3v) is 3.77. The molecule has 0 fully saturated rings. The molecular weight excluding hydrogens is 291 g/mol. The second-order valence-electron chi connectivity index (χ2n) is 3.58. The first kappa shape index (κ1) is 14.0. The van der Waals surface area contributed by atoms with Crippen LogP contribution in [0.2, 0.25) is 0 Å². The third kappa shape index (κ3) is 4.41. The van der Waals surface area contributed by atoms with Gasteiger partial charge >= 0.3 is 0 Å². The van der Waals surface area contributed by atoms with E-state index in [0.717, 1.165) is 28.6 Å². The van der Waals surface area contributed by atoms with Crippen molar-refractivity contribution in [2.24, 2.45) is 5.84 Å². The van der Waals surface area contributed by atoms with Crippen LogP contribution < -0.4 is 11.3 Å². The topological polar surface area (TPSA) is 38.0 Å². The predicted octanol–water partition coefficient (Wildman–Crippen LogP) is 2.72. The highest BCUT2D eigenvalue weighted by atomic mass is 79.9. The Balaban J connectivity index is 2.62. The van der Waals surface area contributed by atoms with Crippen molar-refractivity contribution < 1.29 is 4.39 Å². The van der Waals surface area contributed by atoms with Crippen molar-refractivity contribution in [3.05, 3.63) is 34.1 Å². The molecule has 0 amide bonds. The maximum absolute atomic E-state index is 12.9. The van der Waals surface area contributed by atoms with Gasteiger partial charge in [0.25, 0.3) is 0 Å². The Hall–Kier alpha value is -0.100. The highest BCUT2D eigenvalue weighted by molar-refractivity contribution is 9.10. The minimum Gasteiger partial charge on any atom is -0.271 e. The monoisotopic (exact) mass is 306 g/mol. The van der Waals surface area contributed by atoms with Gasteiger partial charge in [0, 0.05) is 10.5 Å². The number of hydrogen-bond acceptors (Lipinski definition) is 3. The SMILES string of the molecule is CSCCC(Cc1ccc(F)cc1Br)NN. The second kappa shape index (κ2) is 7.27. The fourth-order valence-corrected chi connectivity index (χ4v) is 2.49. The largest absolute Gasteiger partial charge is 0.271 e. The molecule has 5 heteroatoms. The van der Waals surface area contributed by atoms with Gasteiger partial charge in [0.1, 0.15) is 5.82 Å². The Morgan fingerprint density at radius 3 is 2.88 bits per heavy atom. The molecule has 0 saturated heterocycles. The quantitative estimate of drug-likeness (QED) is 0.627. The van der Waals surface area contributed by atoms with Crippen LogP contribution in [0.5, 0.6) is 0 Å². The Morgan fingerprint density at radius 1 is 1.56 bits per heavy atom. The normalized spacial score (nSPS) is 12.8. The molecule has 0 spiro atoms. The van der Waals surface area contributed by atoms with Crippen LogP contribution in [0.4, 0.5) is 4.39 Å². The number of hydrogen-bond donors (Lipinski definition) is 2. The van der Waals surface area contributed by atoms with Crippen LogP contribution in [-0.4, -0.2) is 18.1 Å². The first-order valence-corrected chi connectivity index (χ1v) is 7.25. The molecule has 0 saturated carbocycles. The van der Waals surface area contributed by atoms with E-state index in [1.165, 1.54) is 12.1 Å². The summed E-state index contributed by atoms with van der Waals surface area (Å²) in [5.74, 6) is 6.33. The van der Waals surface area contributed by atoms with E-state index in [0.29, 0.717) is 0 Å². The summed E-state index contributed by atoms with van der Waals surface area (Å²) in [4.78, 5) is 0. The van der Waals surface area contributed by atoms with Gasteiger partial charge in [0.15, 0.2) is 0 Å². The van der Waals surface area contributed by atoms with E-state index in [1.807, 2.05) is 0 Å². The van der Waals surface area contributed by atoms with Gasteiger partial charge in [-0.15, -0.1) is 0 Å². The Labute approximate surface area is 108 Å². The summed E-state index contributed by atoms with van der Waals surface area (Å²) in [6, 6.07) is 4.98. The van der Waals surface area contributed by atoms with Crippen molar-refractivity contribution in [1.29, 1.82) is 0 Å². The van der Waals surface area contributed by atoms with E-state index in [4.69, 9.17) is 5.84 Å². The van der Waals surface area contributed by atoms with Crippen LogP contribution in [0.15, 0.2) is 22.7 Å². The van der Waals surface area contributed by atoms with Crippen LogP contribution in [0.3, 0.4) is 0 Å². The summed E-state index contributed by atoms with van der Waals surface area (Å²) < 4.78 is 13.7. The molecule has 3 N–H and O–H groups in total. The zero-order valence-electron chi connectivity index (χ0n) is 9.17. The minimum atomic E-state index is -0.225. The third-order valence-electron chi connectivity index (χ3n) is 2.39. The van der Waals surface area contributed by atoms with Crippen LogP contribution in [0.25, 0.3) is 0 Å². The lowest BCUT2D eigenvalue weighted by atomic mass is 10.0. The van der Waals surface area contributed by atoms with Crippen molar-refractivity contribution in [1.82, 2.24) is 5.43 Å². The van der Waals surface area contributed by atoms with Crippen molar-refractivity contribution >= 4 is 27.7 Å². The molecule has 0 radical (unpaired) electrons. The average Bonchev–Trinajstić information content (AvgIpc) is 2.27. The summed E-state index contributed by atoms with van der Waals surface area (Å²) in [6.45, 7) is 0. The summed E-state index contributed by atoms with van der Waals surface area (Å²) in [6.07, 6.45) is 3.88. The minimum absolute atomic E-state index is 0.225. The lowest BCUT2D eigenvalue weighted by Gasteiger charge is -2.16. The second-order valence-corrected chi connectivity index (χ2v) is 5.42. The van der Waals surface area contributed by atoms with Gasteiger partial charge in [-0.25, -0.2) is 4.39 Å². The van der Waals surface area contributed by atoms with Crippen LogP contribution in [0.1, 0.15) is 12.0 Å². The van der Waals surface area contributed by atoms with E-state index >= 15 is 0 Å². The summed E-state index contributed by atoms with van der Waals surface area (Å²) >= 11 is 5.15. The lowest BCUT2D eigenvalue weighted by molar-refractivity contribution is 0.513. The molecule has 2 nitrogen and oxygen atoms in total. The maximum atomic E-state index is 12.9. The van der Waals surface area contributed by atoms with E-state index in [-0.39, 0.29) is 11.9 Å². The van der Waals surface area contributed by atoms with Gasteiger partial charge in [-0.1, -0.05) is 22.0 Å². The van der Waals surface area contributed by atoms with Gasteiger partial charge < -0.3 is 0 Å². The van der Waals surface area contributed by atoms with Crippen molar-refractivity contribution in [3.8, 4) is 0 Å². The van der Waals surface area contributed by atoms with E-state index in [2.05, 4.69) is 27.6 Å². The van der Waals surface area contributed by atoms with Gasteiger partial charge in [0.2, 0.25) is 0 Å². The van der Waals surface area contributed by atoms with E-state index in [9.17, 15) is 4.39 Å². The Morgan fingerprint density at radius 2 is 2.31 bits per heavy atom. The molecule has 90 valence electrons. The van der Waals surface area contributed by atoms with Gasteiger partial charge in [-0.3, -0.25) is 11.3 Å². The highest BCUT2D eigenvalue weighted by Gasteiger charge is 2.10. The Kier molecular flexibility index (Phi) is 6.34. The summed E-state index contributed by atoms with van der Waals surface area (Å²) in [5, 5.41) is 0. The standard InChI is InChI=1S/C11H16BrFN2S/c1-16-5-4-10(15-14)6-8-2-3-9(13)7-11(8)12/h2-3,7,10,15H,4-6,14H2,1H3. The zero-order chi connectivity index (χ0) is 12.0. The fraction of sp³-hybridized carbons (Fsp3) is 0.455. The molecule has 0 heterocycles. The lowest BCUT2D eigenvalue weighted by Crippen LogP contribution is -2.37. The molecular formula is C11H16BrFN2S. The predicted molar refractivity (Wildman–Crippen MR) is 71.9 cm³/mol. The van der Waals surface area contributed by atoms with Crippen molar-refractivity contribution in [3.63, 3.8) is 0 Å². The number of thioether (sulfide) groups is 1. The molecule has 1 unspecified atom stereocenters.